The van der Waals surface area contributed by atoms with Gasteiger partial charge in [0, 0.05) is 13.8 Å². The minimum atomic E-state index is -3.00. The molecule has 0 unspecified atom stereocenters. The topological polar surface area (TPSA) is 38.9 Å². The smallest absolute Gasteiger partial charge is 0.307 e. The van der Waals surface area contributed by atoms with Crippen molar-refractivity contribution in [1.82, 2.24) is 10.1 Å². The summed E-state index contributed by atoms with van der Waals surface area (Å²) >= 11 is 0. The molecule has 0 radical (unpaired) electrons. The molecule has 0 aliphatic heterocycles. The quantitative estimate of drug-likeness (QED) is 0.605. The molecule has 0 spiro atoms. The molecule has 0 aliphatic carbocycles. The molecule has 0 bridgehead atoms. The van der Waals surface area contributed by atoms with Crippen LogP contribution in [0, 0.1) is 6.92 Å². The maximum Gasteiger partial charge on any atom is 0.307 e. The molecule has 10 heavy (non-hydrogen) atoms. The van der Waals surface area contributed by atoms with Gasteiger partial charge >= 0.3 is 5.92 Å². The standard InChI is InChI=1S/C5H6F2N2O/c1-3-8-4(9-10-3)5(2,6)7/h1-2H3. The lowest BCUT2D eigenvalue weighted by Crippen LogP contribution is -2.09. The lowest BCUT2D eigenvalue weighted by molar-refractivity contribution is 0.00559. The first-order chi connectivity index (χ1) is 4.50. The van der Waals surface area contributed by atoms with Crippen molar-refractivity contribution < 1.29 is 13.3 Å². The van der Waals surface area contributed by atoms with E-state index in [1.807, 2.05) is 0 Å². The van der Waals surface area contributed by atoms with Crippen LogP contribution in [-0.4, -0.2) is 10.1 Å². The van der Waals surface area contributed by atoms with Crippen molar-refractivity contribution in [3.63, 3.8) is 0 Å². The SMILES string of the molecule is Cc1nc(C(C)(F)F)no1. The van der Waals surface area contributed by atoms with E-state index in [2.05, 4.69) is 14.7 Å². The minimum Gasteiger partial charge on any atom is -0.339 e. The van der Waals surface area contributed by atoms with Gasteiger partial charge in [-0.05, 0) is 0 Å². The molecule has 0 atom stereocenters. The van der Waals surface area contributed by atoms with Gasteiger partial charge in [0.15, 0.2) is 0 Å². The summed E-state index contributed by atoms with van der Waals surface area (Å²) < 4.78 is 28.9. The summed E-state index contributed by atoms with van der Waals surface area (Å²) in [4.78, 5) is 3.35. The maximum absolute atomic E-state index is 12.3. The average Bonchev–Trinajstić information content (AvgIpc) is 2.11. The third-order valence-corrected chi connectivity index (χ3v) is 0.920. The predicted molar refractivity (Wildman–Crippen MR) is 28.6 cm³/mol. The lowest BCUT2D eigenvalue weighted by atomic mass is 10.4. The Hall–Kier alpha value is -1.00. The van der Waals surface area contributed by atoms with Gasteiger partial charge in [-0.25, -0.2) is 0 Å². The van der Waals surface area contributed by atoms with Gasteiger partial charge in [-0.3, -0.25) is 0 Å². The highest BCUT2D eigenvalue weighted by molar-refractivity contribution is 4.91. The van der Waals surface area contributed by atoms with Crippen LogP contribution < -0.4 is 0 Å². The Kier molecular flexibility index (Phi) is 1.42. The van der Waals surface area contributed by atoms with Gasteiger partial charge in [0.25, 0.3) is 0 Å². The van der Waals surface area contributed by atoms with E-state index in [1.54, 1.807) is 0 Å². The number of hydrogen-bond donors (Lipinski definition) is 0. The summed E-state index contributed by atoms with van der Waals surface area (Å²) in [5.41, 5.74) is 0. The van der Waals surface area contributed by atoms with Gasteiger partial charge in [0.2, 0.25) is 11.7 Å². The second kappa shape index (κ2) is 2.00. The van der Waals surface area contributed by atoms with E-state index in [9.17, 15) is 8.78 Å². The molecular formula is C5H6F2N2O. The summed E-state index contributed by atoms with van der Waals surface area (Å²) in [7, 11) is 0. The summed E-state index contributed by atoms with van der Waals surface area (Å²) in [6.45, 7) is 2.18. The Morgan fingerprint density at radius 3 is 2.30 bits per heavy atom. The zero-order chi connectivity index (χ0) is 7.78. The third-order valence-electron chi connectivity index (χ3n) is 0.920. The van der Waals surface area contributed by atoms with Crippen LogP contribution in [0.15, 0.2) is 4.52 Å². The van der Waals surface area contributed by atoms with Gasteiger partial charge < -0.3 is 4.52 Å². The fraction of sp³-hybridized carbons (Fsp3) is 0.600. The normalized spacial score (nSPS) is 12.0. The second-order valence-corrected chi connectivity index (χ2v) is 2.03. The number of nitrogens with zero attached hydrogens (tertiary/aromatic N) is 2. The molecule has 0 aliphatic rings. The molecule has 0 fully saturated rings. The first-order valence-electron chi connectivity index (χ1n) is 2.69. The number of aromatic nitrogens is 2. The minimum absolute atomic E-state index is 0.150. The molecule has 5 heteroatoms. The van der Waals surface area contributed by atoms with Crippen LogP contribution >= 0.6 is 0 Å². The Bertz CT molecular complexity index is 228. The van der Waals surface area contributed by atoms with Crippen molar-refractivity contribution >= 4 is 0 Å². The van der Waals surface area contributed by atoms with Crippen LogP contribution in [0.25, 0.3) is 0 Å². The van der Waals surface area contributed by atoms with Crippen LogP contribution in [-0.2, 0) is 5.92 Å². The monoisotopic (exact) mass is 148 g/mol. The molecule has 1 rings (SSSR count). The number of hydrogen-bond acceptors (Lipinski definition) is 3. The van der Waals surface area contributed by atoms with Crippen LogP contribution in [0.4, 0.5) is 8.78 Å². The number of aryl methyl sites for hydroxylation is 1. The van der Waals surface area contributed by atoms with Crippen LogP contribution in [0.3, 0.4) is 0 Å². The highest BCUT2D eigenvalue weighted by Crippen LogP contribution is 2.23. The summed E-state index contributed by atoms with van der Waals surface area (Å²) in [6.07, 6.45) is 0. The molecule has 0 saturated heterocycles. The Labute approximate surface area is 56.0 Å². The first-order valence-corrected chi connectivity index (χ1v) is 2.69. The molecular weight excluding hydrogens is 142 g/mol. The highest BCUT2D eigenvalue weighted by Gasteiger charge is 2.30. The Morgan fingerprint density at radius 2 is 2.10 bits per heavy atom. The van der Waals surface area contributed by atoms with Crippen molar-refractivity contribution in [3.05, 3.63) is 11.7 Å². The molecule has 1 aromatic heterocycles. The van der Waals surface area contributed by atoms with Gasteiger partial charge in [-0.2, -0.15) is 13.8 Å². The Balaban J connectivity index is 2.96. The van der Waals surface area contributed by atoms with Gasteiger partial charge in [0.1, 0.15) is 0 Å². The van der Waals surface area contributed by atoms with Crippen LogP contribution in [0.1, 0.15) is 18.6 Å². The molecule has 3 nitrogen and oxygen atoms in total. The first kappa shape index (κ1) is 7.11. The van der Waals surface area contributed by atoms with Crippen molar-refractivity contribution in [2.24, 2.45) is 0 Å². The molecule has 0 aromatic carbocycles. The molecule has 0 amide bonds. The molecule has 0 saturated carbocycles. The molecule has 56 valence electrons. The molecule has 1 heterocycles. The van der Waals surface area contributed by atoms with Gasteiger partial charge in [0.05, 0.1) is 0 Å². The predicted octanol–water partition coefficient (Wildman–Crippen LogP) is 1.49. The number of rotatable bonds is 1. The summed E-state index contributed by atoms with van der Waals surface area (Å²) in [6, 6.07) is 0. The van der Waals surface area contributed by atoms with Crippen molar-refractivity contribution in [2.75, 3.05) is 0 Å². The van der Waals surface area contributed by atoms with E-state index in [0.717, 1.165) is 6.92 Å². The number of alkyl halides is 2. The number of halogens is 2. The highest BCUT2D eigenvalue weighted by atomic mass is 19.3. The van der Waals surface area contributed by atoms with Crippen molar-refractivity contribution in [1.29, 1.82) is 0 Å². The third kappa shape index (κ3) is 1.29. The van der Waals surface area contributed by atoms with E-state index >= 15 is 0 Å². The average molecular weight is 148 g/mol. The molecule has 1 aromatic rings. The maximum atomic E-state index is 12.3. The van der Waals surface area contributed by atoms with E-state index in [-0.39, 0.29) is 5.89 Å². The van der Waals surface area contributed by atoms with Gasteiger partial charge in [-0.1, -0.05) is 5.16 Å². The van der Waals surface area contributed by atoms with E-state index in [4.69, 9.17) is 0 Å². The van der Waals surface area contributed by atoms with Crippen LogP contribution in [0.5, 0.6) is 0 Å². The fourth-order valence-electron chi connectivity index (χ4n) is 0.478. The molecule has 0 N–H and O–H groups in total. The summed E-state index contributed by atoms with van der Waals surface area (Å²) in [5, 5.41) is 3.05. The second-order valence-electron chi connectivity index (χ2n) is 2.03. The van der Waals surface area contributed by atoms with E-state index < -0.39 is 11.7 Å². The van der Waals surface area contributed by atoms with E-state index in [1.165, 1.54) is 6.92 Å². The Morgan fingerprint density at radius 1 is 1.50 bits per heavy atom. The van der Waals surface area contributed by atoms with E-state index in [0.29, 0.717) is 0 Å². The zero-order valence-electron chi connectivity index (χ0n) is 5.56. The van der Waals surface area contributed by atoms with Crippen molar-refractivity contribution in [2.45, 2.75) is 19.8 Å². The largest absolute Gasteiger partial charge is 0.339 e. The van der Waals surface area contributed by atoms with Crippen LogP contribution in [0.2, 0.25) is 0 Å². The van der Waals surface area contributed by atoms with Crippen molar-refractivity contribution in [3.8, 4) is 0 Å². The fourth-order valence-corrected chi connectivity index (χ4v) is 0.478. The lowest BCUT2D eigenvalue weighted by Gasteiger charge is -2.00. The van der Waals surface area contributed by atoms with Gasteiger partial charge in [-0.15, -0.1) is 0 Å². The zero-order valence-corrected chi connectivity index (χ0v) is 5.56. The summed E-state index contributed by atoms with van der Waals surface area (Å²) in [5.74, 6) is -3.42.